The highest BCUT2D eigenvalue weighted by molar-refractivity contribution is 5.46. The second-order valence-corrected chi connectivity index (χ2v) is 4.87. The van der Waals surface area contributed by atoms with E-state index in [4.69, 9.17) is 0 Å². The number of benzene rings is 1. The average Bonchev–Trinajstić information content (AvgIpc) is 2.51. The van der Waals surface area contributed by atoms with Crippen molar-refractivity contribution in [3.05, 3.63) is 41.0 Å². The second-order valence-electron chi connectivity index (χ2n) is 4.87. The fourth-order valence-electron chi connectivity index (χ4n) is 2.19. The van der Waals surface area contributed by atoms with E-state index in [1.807, 2.05) is 0 Å². The zero-order chi connectivity index (χ0) is 12.7. The Morgan fingerprint density at radius 2 is 1.65 bits per heavy atom. The van der Waals surface area contributed by atoms with E-state index in [1.165, 1.54) is 28.2 Å². The normalized spacial score (nSPS) is 10.9. The van der Waals surface area contributed by atoms with Gasteiger partial charge in [0.05, 0.1) is 6.92 Å². The summed E-state index contributed by atoms with van der Waals surface area (Å²) in [5, 5.41) is 0. The zero-order valence-corrected chi connectivity index (χ0v) is 11.6. The first-order valence-corrected chi connectivity index (χ1v) is 5.94. The zero-order valence-electron chi connectivity index (χ0n) is 11.6. The molecule has 3 nitrogen and oxygen atoms in total. The lowest BCUT2D eigenvalue weighted by atomic mass is 10.0. The van der Waals surface area contributed by atoms with Gasteiger partial charge in [-0.05, 0) is 36.6 Å². The number of aromatic nitrogens is 3. The highest BCUT2D eigenvalue weighted by Crippen LogP contribution is 2.18. The highest BCUT2D eigenvalue weighted by atomic mass is 15.5. The Kier molecular flexibility index (Phi) is 2.77. The first kappa shape index (κ1) is 11.8. The van der Waals surface area contributed by atoms with E-state index in [0.717, 1.165) is 0 Å². The molecule has 1 aromatic heterocycles. The van der Waals surface area contributed by atoms with Crippen LogP contribution in [0.25, 0.3) is 5.69 Å². The summed E-state index contributed by atoms with van der Waals surface area (Å²) in [6, 6.07) is 4.47. The molecular weight excluding hydrogens is 210 g/mol. The Hall–Kier alpha value is -1.64. The molecule has 0 bridgehead atoms. The van der Waals surface area contributed by atoms with Crippen LogP contribution in [0, 0.1) is 27.7 Å². The molecule has 0 N–H and O–H groups in total. The van der Waals surface area contributed by atoms with Crippen LogP contribution in [0.4, 0.5) is 0 Å². The number of aryl methyl sites for hydroxylation is 3. The van der Waals surface area contributed by atoms with Crippen LogP contribution in [0.3, 0.4) is 0 Å². The lowest BCUT2D eigenvalue weighted by molar-refractivity contribution is -0.811. The fourth-order valence-corrected chi connectivity index (χ4v) is 2.19. The predicted molar refractivity (Wildman–Crippen MR) is 67.1 cm³/mol. The Morgan fingerprint density at radius 1 is 1.00 bits per heavy atom. The van der Waals surface area contributed by atoms with Crippen molar-refractivity contribution < 1.29 is 9.25 Å². The topological polar surface area (TPSA) is 12.7 Å². The quantitative estimate of drug-likeness (QED) is 0.657. The van der Waals surface area contributed by atoms with Gasteiger partial charge >= 0.3 is 12.2 Å². The number of hydrogen-bond acceptors (Lipinski definition) is 0. The molecular formula is C14H21N3+2. The lowest BCUT2D eigenvalue weighted by Crippen LogP contribution is -2.44. The van der Waals surface area contributed by atoms with Gasteiger partial charge in [-0.15, -0.1) is 0 Å². The van der Waals surface area contributed by atoms with E-state index in [-0.39, 0.29) is 0 Å². The summed E-state index contributed by atoms with van der Waals surface area (Å²) < 4.78 is 6.50. The molecule has 90 valence electrons. The van der Waals surface area contributed by atoms with Crippen LogP contribution in [0.15, 0.2) is 18.5 Å². The Balaban J connectivity index is 2.72. The predicted octanol–water partition coefficient (Wildman–Crippen LogP) is 1.36. The van der Waals surface area contributed by atoms with Crippen molar-refractivity contribution in [2.75, 3.05) is 0 Å². The lowest BCUT2D eigenvalue weighted by Gasteiger charge is -2.04. The molecule has 0 spiro atoms. The number of rotatable bonds is 1. The molecule has 1 aromatic carbocycles. The van der Waals surface area contributed by atoms with Gasteiger partial charge in [0.2, 0.25) is 5.69 Å². The molecule has 0 saturated carbocycles. The second kappa shape index (κ2) is 3.99. The van der Waals surface area contributed by atoms with E-state index in [2.05, 4.69) is 74.2 Å². The molecule has 0 aliphatic carbocycles. The molecule has 0 aliphatic heterocycles. The van der Waals surface area contributed by atoms with Gasteiger partial charge in [0.15, 0.2) is 7.05 Å². The van der Waals surface area contributed by atoms with Gasteiger partial charge in [-0.25, -0.2) is 0 Å². The van der Waals surface area contributed by atoms with Crippen LogP contribution in [-0.4, -0.2) is 4.68 Å². The van der Waals surface area contributed by atoms with Crippen molar-refractivity contribution >= 4 is 0 Å². The molecule has 3 heteroatoms. The first-order valence-electron chi connectivity index (χ1n) is 5.94. The summed E-state index contributed by atoms with van der Waals surface area (Å²) in [5.74, 6) is 1.23. The van der Waals surface area contributed by atoms with E-state index in [1.54, 1.807) is 0 Å². The smallest absolute Gasteiger partial charge is 0.160 e. The number of nitrogens with zero attached hydrogens (tertiary/aromatic N) is 3. The van der Waals surface area contributed by atoms with Crippen molar-refractivity contribution in [1.82, 2.24) is 4.68 Å². The Bertz CT molecular complexity index is 580. The van der Waals surface area contributed by atoms with E-state index < -0.39 is 0 Å². The van der Waals surface area contributed by atoms with Crippen LogP contribution >= 0.6 is 0 Å². The summed E-state index contributed by atoms with van der Waals surface area (Å²) in [6.07, 6.45) is 2.12. The highest BCUT2D eigenvalue weighted by Gasteiger charge is 2.24. The largest absolute Gasteiger partial charge is 0.354 e. The summed E-state index contributed by atoms with van der Waals surface area (Å²) in [6.45, 7) is 8.61. The third-order valence-electron chi connectivity index (χ3n) is 3.62. The molecule has 0 fully saturated rings. The molecule has 0 radical (unpaired) electrons. The van der Waals surface area contributed by atoms with Crippen LogP contribution in [0.5, 0.6) is 0 Å². The molecule has 17 heavy (non-hydrogen) atoms. The maximum atomic E-state index is 2.24. The molecule has 0 atom stereocenters. The third kappa shape index (κ3) is 1.86. The van der Waals surface area contributed by atoms with E-state index in [0.29, 0.717) is 0 Å². The van der Waals surface area contributed by atoms with Crippen molar-refractivity contribution in [3.8, 4) is 5.69 Å². The third-order valence-corrected chi connectivity index (χ3v) is 3.62. The minimum Gasteiger partial charge on any atom is -0.160 e. The van der Waals surface area contributed by atoms with Crippen LogP contribution in [-0.2, 0) is 14.1 Å². The van der Waals surface area contributed by atoms with Crippen molar-refractivity contribution in [3.63, 3.8) is 0 Å². The first-order chi connectivity index (χ1) is 7.91. The van der Waals surface area contributed by atoms with Crippen LogP contribution in [0.1, 0.15) is 22.5 Å². The summed E-state index contributed by atoms with van der Waals surface area (Å²) in [7, 11) is 4.16. The summed E-state index contributed by atoms with van der Waals surface area (Å²) in [4.78, 5) is 0. The maximum Gasteiger partial charge on any atom is 0.354 e. The molecule has 2 rings (SSSR count). The van der Waals surface area contributed by atoms with Crippen molar-refractivity contribution in [2.45, 2.75) is 27.7 Å². The molecule has 0 aliphatic rings. The average molecular weight is 231 g/mol. The molecule has 1 heterocycles. The monoisotopic (exact) mass is 231 g/mol. The van der Waals surface area contributed by atoms with Gasteiger partial charge in [-0.1, -0.05) is 6.07 Å². The fraction of sp³-hybridized carbons (Fsp3) is 0.429. The van der Waals surface area contributed by atoms with Gasteiger partial charge < -0.3 is 0 Å². The van der Waals surface area contributed by atoms with Gasteiger partial charge in [0, 0.05) is 16.3 Å². The minimum absolute atomic E-state index is 1.23. The summed E-state index contributed by atoms with van der Waals surface area (Å²) in [5.41, 5.74) is 5.24. The molecule has 0 amide bonds. The van der Waals surface area contributed by atoms with Gasteiger partial charge in [0.1, 0.15) is 7.05 Å². The molecule has 0 saturated heterocycles. The van der Waals surface area contributed by atoms with E-state index in [9.17, 15) is 0 Å². The Labute approximate surface area is 103 Å². The van der Waals surface area contributed by atoms with Crippen molar-refractivity contribution in [1.29, 1.82) is 0 Å². The Morgan fingerprint density at radius 3 is 2.18 bits per heavy atom. The molecule has 0 unspecified atom stereocenters. The minimum atomic E-state index is 1.23. The van der Waals surface area contributed by atoms with Gasteiger partial charge in [0.25, 0.3) is 0 Å². The van der Waals surface area contributed by atoms with Gasteiger partial charge in [-0.2, -0.15) is 4.57 Å². The van der Waals surface area contributed by atoms with Crippen molar-refractivity contribution in [2.24, 2.45) is 14.1 Å². The number of hydrogen-bond donors (Lipinski definition) is 0. The van der Waals surface area contributed by atoms with E-state index >= 15 is 0 Å². The SMILES string of the molecule is Cc1cc(C)c(C)c(-n2c[n+](C)c(C)[n+]2C)c1. The van der Waals surface area contributed by atoms with Crippen LogP contribution in [0.2, 0.25) is 0 Å². The van der Waals surface area contributed by atoms with Gasteiger partial charge in [-0.3, -0.25) is 0 Å². The molecule has 2 aromatic rings. The summed E-state index contributed by atoms with van der Waals surface area (Å²) >= 11 is 0. The maximum absolute atomic E-state index is 2.24. The standard InChI is InChI=1S/C14H21N3/c1-10-7-11(2)12(3)14(8-10)17-9-15(5)13(4)16(17)6/h7-9H,1-6H3/q+2. The van der Waals surface area contributed by atoms with Crippen LogP contribution < -0.4 is 9.25 Å².